The third-order valence-corrected chi connectivity index (χ3v) is 7.66. The van der Waals surface area contributed by atoms with E-state index >= 15 is 0 Å². The third-order valence-electron chi connectivity index (χ3n) is 7.66. The number of rotatable bonds is 6. The second kappa shape index (κ2) is 10.2. The van der Waals surface area contributed by atoms with Crippen LogP contribution in [0.15, 0.2) is 71.1 Å². The molecule has 0 radical (unpaired) electrons. The first-order chi connectivity index (χ1) is 17.5. The molecule has 3 aliphatic rings. The first-order valence-corrected chi connectivity index (χ1v) is 12.7. The van der Waals surface area contributed by atoms with Gasteiger partial charge in [0.15, 0.2) is 5.78 Å². The van der Waals surface area contributed by atoms with Gasteiger partial charge in [-0.25, -0.2) is 4.79 Å². The van der Waals surface area contributed by atoms with E-state index in [-0.39, 0.29) is 23.8 Å². The van der Waals surface area contributed by atoms with Gasteiger partial charge in [-0.05, 0) is 80.3 Å². The van der Waals surface area contributed by atoms with Gasteiger partial charge in [-0.1, -0.05) is 24.3 Å². The fraction of sp³-hybridized carbons (Fsp3) is 0.400. The Bertz CT molecular complexity index is 1200. The minimum Gasteiger partial charge on any atom is -0.497 e. The number of carbonyl (C=O) groups is 2. The lowest BCUT2D eigenvalue weighted by Gasteiger charge is -2.37. The number of benzene rings is 2. The van der Waals surface area contributed by atoms with E-state index in [0.717, 1.165) is 59.7 Å². The van der Waals surface area contributed by atoms with E-state index in [2.05, 4.69) is 5.32 Å². The lowest BCUT2D eigenvalue weighted by atomic mass is 9.71. The van der Waals surface area contributed by atoms with Crippen LogP contribution in [-0.2, 0) is 14.3 Å². The first kappa shape index (κ1) is 24.2. The summed E-state index contributed by atoms with van der Waals surface area (Å²) in [6.07, 6.45) is 5.00. The van der Waals surface area contributed by atoms with E-state index in [9.17, 15) is 9.59 Å². The van der Waals surface area contributed by atoms with Crippen LogP contribution in [0.2, 0.25) is 0 Å². The first-order valence-electron chi connectivity index (χ1n) is 12.7. The summed E-state index contributed by atoms with van der Waals surface area (Å²) in [5.41, 5.74) is 4.84. The molecule has 1 saturated carbocycles. The molecule has 188 valence electrons. The maximum Gasteiger partial charge on any atom is 0.337 e. The predicted octanol–water partition coefficient (Wildman–Crippen LogP) is 5.55. The number of esters is 1. The predicted molar refractivity (Wildman–Crippen MR) is 137 cm³/mol. The Labute approximate surface area is 212 Å². The molecule has 0 saturated heterocycles. The van der Waals surface area contributed by atoms with Crippen molar-refractivity contribution in [3.8, 4) is 11.5 Å². The summed E-state index contributed by atoms with van der Waals surface area (Å²) >= 11 is 0. The zero-order chi connectivity index (χ0) is 25.2. The molecule has 6 nitrogen and oxygen atoms in total. The lowest BCUT2D eigenvalue weighted by Crippen LogP contribution is -2.36. The number of ketones is 1. The Morgan fingerprint density at radius 3 is 2.03 bits per heavy atom. The molecule has 5 rings (SSSR count). The van der Waals surface area contributed by atoms with E-state index in [4.69, 9.17) is 14.2 Å². The highest BCUT2D eigenvalue weighted by Gasteiger charge is 2.42. The number of hydrogen-bond donors (Lipinski definition) is 1. The third kappa shape index (κ3) is 4.64. The minimum absolute atomic E-state index is 0.0498. The standard InChI is InChI=1S/C30H33NO5/c1-18-27(30(33)36-24-6-4-5-7-24)28(20-10-14-23(35-3)15-11-20)29-25(31-18)16-21(17-26(29)32)19-8-12-22(34-2)13-9-19/h8-15,21,24,28,31H,4-7,16-17H2,1-3H3/t21-,28-/m0/s1. The smallest absolute Gasteiger partial charge is 0.337 e. The molecule has 6 heteroatoms. The maximum atomic E-state index is 13.7. The molecular weight excluding hydrogens is 454 g/mol. The highest BCUT2D eigenvalue weighted by Crippen LogP contribution is 2.46. The minimum atomic E-state index is -0.467. The molecule has 2 aliphatic carbocycles. The Morgan fingerprint density at radius 1 is 0.861 bits per heavy atom. The van der Waals surface area contributed by atoms with Gasteiger partial charge in [0, 0.05) is 29.3 Å². The zero-order valence-electron chi connectivity index (χ0n) is 21.1. The lowest BCUT2D eigenvalue weighted by molar-refractivity contribution is -0.144. The molecule has 1 N–H and O–H groups in total. The van der Waals surface area contributed by atoms with Crippen LogP contribution in [-0.4, -0.2) is 32.1 Å². The van der Waals surface area contributed by atoms with Crippen LogP contribution < -0.4 is 14.8 Å². The number of Topliss-reactive ketones (excluding diaryl/α,β-unsaturated/α-hetero) is 1. The average molecular weight is 488 g/mol. The van der Waals surface area contributed by atoms with Crippen molar-refractivity contribution in [2.45, 2.75) is 63.4 Å². The largest absolute Gasteiger partial charge is 0.497 e. The molecular formula is C30H33NO5. The van der Waals surface area contributed by atoms with E-state index in [1.165, 1.54) is 0 Å². The summed E-state index contributed by atoms with van der Waals surface area (Å²) in [6, 6.07) is 15.6. The number of allylic oxidation sites excluding steroid dienone is 3. The van der Waals surface area contributed by atoms with Crippen molar-refractivity contribution >= 4 is 11.8 Å². The van der Waals surface area contributed by atoms with Crippen LogP contribution in [0, 0.1) is 0 Å². The average Bonchev–Trinajstić information content (AvgIpc) is 3.40. The number of hydrogen-bond acceptors (Lipinski definition) is 6. The van der Waals surface area contributed by atoms with Crippen LogP contribution in [0.4, 0.5) is 0 Å². The molecule has 2 atom stereocenters. The molecule has 1 aliphatic heterocycles. The van der Waals surface area contributed by atoms with E-state index in [1.807, 2.05) is 55.5 Å². The number of carbonyl (C=O) groups excluding carboxylic acids is 2. The Kier molecular flexibility index (Phi) is 6.86. The summed E-state index contributed by atoms with van der Waals surface area (Å²) in [4.78, 5) is 27.2. The van der Waals surface area contributed by atoms with E-state index in [0.29, 0.717) is 24.0 Å². The van der Waals surface area contributed by atoms with E-state index in [1.54, 1.807) is 14.2 Å². The van der Waals surface area contributed by atoms with Crippen LogP contribution in [0.5, 0.6) is 11.5 Å². The molecule has 36 heavy (non-hydrogen) atoms. The van der Waals surface area contributed by atoms with Crippen LogP contribution in [0.3, 0.4) is 0 Å². The molecule has 1 heterocycles. The highest BCUT2D eigenvalue weighted by atomic mass is 16.5. The molecule has 0 spiro atoms. The molecule has 0 aromatic heterocycles. The molecule has 2 aromatic rings. The summed E-state index contributed by atoms with van der Waals surface area (Å²) in [6.45, 7) is 1.91. The van der Waals surface area contributed by atoms with Gasteiger partial charge >= 0.3 is 5.97 Å². The monoisotopic (exact) mass is 487 g/mol. The molecule has 0 unspecified atom stereocenters. The van der Waals surface area contributed by atoms with Gasteiger partial charge in [0.05, 0.1) is 19.8 Å². The number of ether oxygens (including phenoxy) is 3. The van der Waals surface area contributed by atoms with Crippen molar-refractivity contribution in [1.29, 1.82) is 0 Å². The molecule has 2 aromatic carbocycles. The van der Waals surface area contributed by atoms with Crippen molar-refractivity contribution in [1.82, 2.24) is 5.32 Å². The second-order valence-electron chi connectivity index (χ2n) is 9.88. The topological polar surface area (TPSA) is 73.9 Å². The van der Waals surface area contributed by atoms with Crippen molar-refractivity contribution < 1.29 is 23.8 Å². The number of dihydropyridines is 1. The summed E-state index contributed by atoms with van der Waals surface area (Å²) in [7, 11) is 3.27. The van der Waals surface area contributed by atoms with Gasteiger partial charge in [-0.2, -0.15) is 0 Å². The van der Waals surface area contributed by atoms with Crippen LogP contribution in [0.25, 0.3) is 0 Å². The highest BCUT2D eigenvalue weighted by molar-refractivity contribution is 6.04. The van der Waals surface area contributed by atoms with Gasteiger partial charge in [0.25, 0.3) is 0 Å². The molecule has 1 fully saturated rings. The number of methoxy groups -OCH3 is 2. The van der Waals surface area contributed by atoms with Gasteiger partial charge in [0.1, 0.15) is 17.6 Å². The fourth-order valence-corrected chi connectivity index (χ4v) is 5.77. The van der Waals surface area contributed by atoms with Crippen molar-refractivity contribution in [2.24, 2.45) is 0 Å². The normalized spacial score (nSPS) is 22.2. The van der Waals surface area contributed by atoms with Crippen LogP contribution in [0.1, 0.15) is 68.4 Å². The maximum absolute atomic E-state index is 13.7. The second-order valence-corrected chi connectivity index (χ2v) is 9.88. The van der Waals surface area contributed by atoms with Crippen molar-refractivity contribution in [2.75, 3.05) is 14.2 Å². The summed E-state index contributed by atoms with van der Waals surface area (Å²) in [5.74, 6) is 0.845. The Balaban J connectivity index is 1.52. The number of nitrogens with one attached hydrogen (secondary N) is 1. The Hall–Kier alpha value is -3.54. The van der Waals surface area contributed by atoms with Gasteiger partial charge < -0.3 is 19.5 Å². The van der Waals surface area contributed by atoms with Crippen molar-refractivity contribution in [3.05, 3.63) is 82.2 Å². The van der Waals surface area contributed by atoms with Gasteiger partial charge in [-0.15, -0.1) is 0 Å². The Morgan fingerprint density at radius 2 is 1.44 bits per heavy atom. The fourth-order valence-electron chi connectivity index (χ4n) is 5.77. The molecule has 0 bridgehead atoms. The van der Waals surface area contributed by atoms with Gasteiger partial charge in [0.2, 0.25) is 0 Å². The van der Waals surface area contributed by atoms with Crippen molar-refractivity contribution in [3.63, 3.8) is 0 Å². The van der Waals surface area contributed by atoms with Crippen LogP contribution >= 0.6 is 0 Å². The van der Waals surface area contributed by atoms with E-state index < -0.39 is 5.92 Å². The zero-order valence-corrected chi connectivity index (χ0v) is 21.1. The van der Waals surface area contributed by atoms with Gasteiger partial charge in [-0.3, -0.25) is 4.79 Å². The summed E-state index contributed by atoms with van der Waals surface area (Å²) < 4.78 is 16.6. The summed E-state index contributed by atoms with van der Waals surface area (Å²) in [5, 5.41) is 3.44. The molecule has 0 amide bonds. The quantitative estimate of drug-likeness (QED) is 0.539. The SMILES string of the molecule is COc1ccc([C@@H]2CC(=O)C3=C(C2)NC(C)=C(C(=O)OC2CCCC2)[C@@H]3c2ccc(OC)cc2)cc1.